The molecule has 3 rings (SSSR count). The van der Waals surface area contributed by atoms with E-state index in [4.69, 9.17) is 4.52 Å². The third-order valence-corrected chi connectivity index (χ3v) is 7.66. The Morgan fingerprint density at radius 1 is 1.48 bits per heavy atom. The first-order chi connectivity index (χ1) is 12.8. The van der Waals surface area contributed by atoms with Crippen LogP contribution in [0, 0.1) is 5.92 Å². The van der Waals surface area contributed by atoms with Gasteiger partial charge < -0.3 is 9.84 Å². The molecule has 148 valence electrons. The number of hydrogen-bond acceptors (Lipinski definition) is 7. The average Bonchev–Trinajstić information content (AvgIpc) is 3.30. The fourth-order valence-electron chi connectivity index (χ4n) is 2.99. The molecule has 27 heavy (non-hydrogen) atoms. The molecular formula is C17H24N4O4S2. The summed E-state index contributed by atoms with van der Waals surface area (Å²) >= 11 is 1.13. The van der Waals surface area contributed by atoms with Gasteiger partial charge >= 0.3 is 0 Å². The number of thiophene rings is 1. The molecule has 1 atom stereocenters. The van der Waals surface area contributed by atoms with Crippen molar-refractivity contribution in [2.24, 2.45) is 5.92 Å². The van der Waals surface area contributed by atoms with Gasteiger partial charge in [-0.15, -0.1) is 11.3 Å². The van der Waals surface area contributed by atoms with Crippen LogP contribution in [0.3, 0.4) is 0 Å². The Bertz CT molecular complexity index is 904. The van der Waals surface area contributed by atoms with Crippen LogP contribution >= 0.6 is 11.3 Å². The van der Waals surface area contributed by atoms with E-state index in [1.54, 1.807) is 11.4 Å². The monoisotopic (exact) mass is 412 g/mol. The minimum atomic E-state index is -3.66. The van der Waals surface area contributed by atoms with Crippen molar-refractivity contribution in [1.82, 2.24) is 19.8 Å². The largest absolute Gasteiger partial charge is 0.354 e. The van der Waals surface area contributed by atoms with E-state index in [0.717, 1.165) is 11.3 Å². The summed E-state index contributed by atoms with van der Waals surface area (Å²) in [5.74, 6) is 0.489. The molecule has 0 spiro atoms. The Balaban J connectivity index is 1.77. The normalized spacial score (nSPS) is 18.7. The van der Waals surface area contributed by atoms with Crippen molar-refractivity contribution in [3.63, 3.8) is 0 Å². The van der Waals surface area contributed by atoms with Crippen LogP contribution in [0.25, 0.3) is 11.4 Å². The van der Waals surface area contributed by atoms with Crippen LogP contribution in [0.15, 0.2) is 20.2 Å². The molecule has 2 aromatic rings. The molecule has 1 aliphatic heterocycles. The fourth-order valence-corrected chi connectivity index (χ4v) is 5.82. The van der Waals surface area contributed by atoms with E-state index < -0.39 is 10.0 Å². The smallest absolute Gasteiger partial charge is 0.252 e. The molecular weight excluding hydrogens is 388 g/mol. The van der Waals surface area contributed by atoms with E-state index >= 15 is 0 Å². The Morgan fingerprint density at radius 3 is 2.93 bits per heavy atom. The van der Waals surface area contributed by atoms with E-state index in [1.807, 2.05) is 20.8 Å². The summed E-state index contributed by atoms with van der Waals surface area (Å²) in [5.41, 5.74) is 0.619. The number of sulfonamides is 1. The predicted octanol–water partition coefficient (Wildman–Crippen LogP) is 2.29. The Kier molecular flexibility index (Phi) is 5.97. The SMILES string of the molecule is CCc1nc(-c2csc(S(=O)(=O)N3CCCC(C(=O)NC(C)C)C3)c2)no1. The summed E-state index contributed by atoms with van der Waals surface area (Å²) in [7, 11) is -3.66. The number of rotatable bonds is 6. The molecule has 3 heterocycles. The second-order valence-electron chi connectivity index (χ2n) is 6.89. The maximum absolute atomic E-state index is 13.0. The summed E-state index contributed by atoms with van der Waals surface area (Å²) in [6.45, 7) is 6.32. The van der Waals surface area contributed by atoms with Gasteiger partial charge in [-0.25, -0.2) is 8.42 Å². The topological polar surface area (TPSA) is 105 Å². The fraction of sp³-hybridized carbons (Fsp3) is 0.588. The number of piperidine rings is 1. The molecule has 10 heteroatoms. The minimum absolute atomic E-state index is 0.0345. The van der Waals surface area contributed by atoms with Gasteiger partial charge in [-0.1, -0.05) is 12.1 Å². The molecule has 0 aliphatic carbocycles. The first-order valence-corrected chi connectivity index (χ1v) is 11.3. The number of nitrogens with zero attached hydrogens (tertiary/aromatic N) is 3. The third-order valence-electron chi connectivity index (χ3n) is 4.38. The van der Waals surface area contributed by atoms with Crippen molar-refractivity contribution in [2.45, 2.75) is 50.3 Å². The Labute approximate surface area is 163 Å². The van der Waals surface area contributed by atoms with Crippen LogP contribution in [0.2, 0.25) is 0 Å². The predicted molar refractivity (Wildman–Crippen MR) is 102 cm³/mol. The molecule has 8 nitrogen and oxygen atoms in total. The Hall–Kier alpha value is -1.78. The second-order valence-corrected chi connectivity index (χ2v) is 9.96. The van der Waals surface area contributed by atoms with Crippen molar-refractivity contribution < 1.29 is 17.7 Å². The summed E-state index contributed by atoms with van der Waals surface area (Å²) in [5, 5.41) is 8.47. The second kappa shape index (κ2) is 8.07. The minimum Gasteiger partial charge on any atom is -0.354 e. The lowest BCUT2D eigenvalue weighted by molar-refractivity contribution is -0.126. The number of carbonyl (C=O) groups excluding carboxylic acids is 1. The van der Waals surface area contributed by atoms with Gasteiger partial charge in [-0.3, -0.25) is 4.79 Å². The Morgan fingerprint density at radius 2 is 2.26 bits per heavy atom. The number of carbonyl (C=O) groups is 1. The molecule has 1 aliphatic rings. The molecule has 1 amide bonds. The first-order valence-electron chi connectivity index (χ1n) is 9.03. The summed E-state index contributed by atoms with van der Waals surface area (Å²) in [4.78, 5) is 16.5. The summed E-state index contributed by atoms with van der Waals surface area (Å²) < 4.78 is 32.8. The van der Waals surface area contributed by atoms with Crippen molar-refractivity contribution >= 4 is 27.3 Å². The maximum Gasteiger partial charge on any atom is 0.252 e. The van der Waals surface area contributed by atoms with Gasteiger partial charge in [0.2, 0.25) is 17.6 Å². The molecule has 0 saturated carbocycles. The summed E-state index contributed by atoms with van der Waals surface area (Å²) in [6.07, 6.45) is 1.98. The zero-order valence-electron chi connectivity index (χ0n) is 15.6. The van der Waals surface area contributed by atoms with Gasteiger partial charge in [-0.05, 0) is 32.8 Å². The lowest BCUT2D eigenvalue weighted by Gasteiger charge is -2.31. The van der Waals surface area contributed by atoms with Crippen LogP contribution in [0.5, 0.6) is 0 Å². The van der Waals surface area contributed by atoms with Gasteiger partial charge in [0.1, 0.15) is 4.21 Å². The quantitative estimate of drug-likeness (QED) is 0.780. The molecule has 0 radical (unpaired) electrons. The molecule has 1 unspecified atom stereocenters. The maximum atomic E-state index is 13.0. The number of amides is 1. The lowest BCUT2D eigenvalue weighted by Crippen LogP contribution is -2.46. The molecule has 0 aromatic carbocycles. The van der Waals surface area contributed by atoms with Crippen molar-refractivity contribution in [3.05, 3.63) is 17.3 Å². The van der Waals surface area contributed by atoms with Crippen LogP contribution in [-0.2, 0) is 21.2 Å². The highest BCUT2D eigenvalue weighted by molar-refractivity contribution is 7.91. The van der Waals surface area contributed by atoms with Gasteiger partial charge in [0.05, 0.1) is 5.92 Å². The highest BCUT2D eigenvalue weighted by Crippen LogP contribution is 2.31. The van der Waals surface area contributed by atoms with E-state index in [2.05, 4.69) is 15.5 Å². The number of aromatic nitrogens is 2. The molecule has 2 aromatic heterocycles. The highest BCUT2D eigenvalue weighted by atomic mass is 32.2. The number of aryl methyl sites for hydroxylation is 1. The van der Waals surface area contributed by atoms with E-state index in [-0.39, 0.29) is 28.6 Å². The van der Waals surface area contributed by atoms with Crippen LogP contribution in [0.1, 0.15) is 39.5 Å². The number of hydrogen-bond donors (Lipinski definition) is 1. The zero-order chi connectivity index (χ0) is 19.6. The standard InChI is InChI=1S/C17H24N4O4S2/c1-4-14-19-16(20-25-14)13-8-15(26-10-13)27(23,24)21-7-5-6-12(9-21)17(22)18-11(2)3/h8,10-12H,4-7,9H2,1-3H3,(H,18,22). The molecule has 1 fully saturated rings. The van der Waals surface area contributed by atoms with Gasteiger partial charge in [0.25, 0.3) is 10.0 Å². The third kappa shape index (κ3) is 4.39. The van der Waals surface area contributed by atoms with Gasteiger partial charge in [-0.2, -0.15) is 9.29 Å². The van der Waals surface area contributed by atoms with E-state index in [1.165, 1.54) is 4.31 Å². The average molecular weight is 413 g/mol. The lowest BCUT2D eigenvalue weighted by atomic mass is 9.98. The van der Waals surface area contributed by atoms with E-state index in [9.17, 15) is 13.2 Å². The van der Waals surface area contributed by atoms with Crippen molar-refractivity contribution in [2.75, 3.05) is 13.1 Å². The first kappa shape index (κ1) is 20.0. The van der Waals surface area contributed by atoms with Crippen LogP contribution in [-0.4, -0.2) is 47.9 Å². The molecule has 1 saturated heterocycles. The van der Waals surface area contributed by atoms with Gasteiger partial charge in [0, 0.05) is 36.5 Å². The highest BCUT2D eigenvalue weighted by Gasteiger charge is 2.34. The molecule has 1 N–H and O–H groups in total. The van der Waals surface area contributed by atoms with Crippen LogP contribution in [0.4, 0.5) is 0 Å². The molecule has 0 bridgehead atoms. The van der Waals surface area contributed by atoms with Crippen molar-refractivity contribution in [3.8, 4) is 11.4 Å². The van der Waals surface area contributed by atoms with Crippen molar-refractivity contribution in [1.29, 1.82) is 0 Å². The zero-order valence-corrected chi connectivity index (χ0v) is 17.3. The summed E-state index contributed by atoms with van der Waals surface area (Å²) in [6, 6.07) is 1.61. The van der Waals surface area contributed by atoms with E-state index in [0.29, 0.717) is 43.1 Å². The van der Waals surface area contributed by atoms with Crippen LogP contribution < -0.4 is 5.32 Å². The van der Waals surface area contributed by atoms with Gasteiger partial charge in [0.15, 0.2) is 0 Å². The number of nitrogens with one attached hydrogen (secondary N) is 1.